The van der Waals surface area contributed by atoms with Crippen molar-refractivity contribution in [3.8, 4) is 0 Å². The summed E-state index contributed by atoms with van der Waals surface area (Å²) in [5.74, 6) is 2.02. The first-order valence-corrected chi connectivity index (χ1v) is 13.4. The minimum Gasteiger partial charge on any atom is -0.322 e. The van der Waals surface area contributed by atoms with Crippen LogP contribution in [-0.4, -0.2) is 43.8 Å². The van der Waals surface area contributed by atoms with Crippen molar-refractivity contribution in [1.29, 1.82) is 0 Å². The van der Waals surface area contributed by atoms with Crippen molar-refractivity contribution in [3.63, 3.8) is 0 Å². The van der Waals surface area contributed by atoms with E-state index < -0.39 is 9.84 Å². The second kappa shape index (κ2) is 10.3. The summed E-state index contributed by atoms with van der Waals surface area (Å²) in [6.07, 6.45) is 0. The molecule has 0 saturated carbocycles. The van der Waals surface area contributed by atoms with Crippen LogP contribution in [0.25, 0.3) is 0 Å². The van der Waals surface area contributed by atoms with Gasteiger partial charge in [-0.1, -0.05) is 42.5 Å². The van der Waals surface area contributed by atoms with E-state index in [1.165, 1.54) is 17.1 Å². The van der Waals surface area contributed by atoms with Crippen LogP contribution in [-0.2, 0) is 22.1 Å². The molecule has 1 aliphatic rings. The van der Waals surface area contributed by atoms with Crippen LogP contribution in [0.15, 0.2) is 83.8 Å². The van der Waals surface area contributed by atoms with Gasteiger partial charge in [-0.3, -0.25) is 9.69 Å². The van der Waals surface area contributed by atoms with Gasteiger partial charge in [0.15, 0.2) is 9.84 Å². The molecule has 1 saturated heterocycles. The number of amides is 1. The molecule has 1 amide bonds. The molecule has 4 rings (SSSR count). The lowest BCUT2D eigenvalue weighted by Gasteiger charge is -2.26. The van der Waals surface area contributed by atoms with Crippen molar-refractivity contribution < 1.29 is 13.2 Å². The number of nitrogens with zero attached hydrogens (tertiary/aromatic N) is 1. The number of anilines is 1. The monoisotopic (exact) mass is 466 g/mol. The van der Waals surface area contributed by atoms with Gasteiger partial charge < -0.3 is 5.32 Å². The van der Waals surface area contributed by atoms with Gasteiger partial charge in [-0.2, -0.15) is 11.8 Å². The summed E-state index contributed by atoms with van der Waals surface area (Å²) in [5, 5.41) is 2.95. The van der Waals surface area contributed by atoms with Crippen LogP contribution in [0.3, 0.4) is 0 Å². The maximum Gasteiger partial charge on any atom is 0.255 e. The van der Waals surface area contributed by atoms with Gasteiger partial charge in [0.2, 0.25) is 0 Å². The van der Waals surface area contributed by atoms with Gasteiger partial charge in [0.05, 0.1) is 10.6 Å². The lowest BCUT2D eigenvalue weighted by atomic mass is 10.1. The summed E-state index contributed by atoms with van der Waals surface area (Å²) in [6.45, 7) is 3.07. The second-order valence-corrected chi connectivity index (χ2v) is 11.0. The van der Waals surface area contributed by atoms with E-state index in [0.29, 0.717) is 16.0 Å². The fourth-order valence-electron chi connectivity index (χ4n) is 3.65. The molecule has 1 fully saturated rings. The highest BCUT2D eigenvalue weighted by Gasteiger charge is 2.16. The second-order valence-electron chi connectivity index (χ2n) is 7.81. The normalized spacial score (nSPS) is 14.8. The van der Waals surface area contributed by atoms with E-state index in [1.54, 1.807) is 54.6 Å². The SMILES string of the molecule is O=C(Nc1cccc(CN2CCSCC2)c1)c1ccc(CS(=O)(=O)c2ccccc2)cc1. The van der Waals surface area contributed by atoms with Crippen LogP contribution in [0.4, 0.5) is 5.69 Å². The maximum atomic E-state index is 12.7. The van der Waals surface area contributed by atoms with E-state index in [2.05, 4.69) is 16.3 Å². The van der Waals surface area contributed by atoms with Crippen LogP contribution < -0.4 is 5.32 Å². The van der Waals surface area contributed by atoms with Crippen molar-refractivity contribution >= 4 is 33.2 Å². The lowest BCUT2D eigenvalue weighted by molar-refractivity contribution is 0.102. The number of sulfone groups is 1. The molecule has 0 unspecified atom stereocenters. The first-order valence-electron chi connectivity index (χ1n) is 10.6. The Kier molecular flexibility index (Phi) is 7.29. The molecule has 1 aliphatic heterocycles. The molecule has 166 valence electrons. The number of benzene rings is 3. The molecule has 0 aromatic heterocycles. The lowest BCUT2D eigenvalue weighted by Crippen LogP contribution is -2.31. The van der Waals surface area contributed by atoms with Crippen LogP contribution in [0.5, 0.6) is 0 Å². The number of nitrogens with one attached hydrogen (secondary N) is 1. The standard InChI is InChI=1S/C25H26N2O3S2/c28-25(26-23-6-4-5-21(17-23)18-27-13-15-31-16-14-27)22-11-9-20(10-12-22)19-32(29,30)24-7-2-1-3-8-24/h1-12,17H,13-16,18-19H2,(H,26,28). The molecular weight excluding hydrogens is 440 g/mol. The first-order chi connectivity index (χ1) is 15.5. The Morgan fingerprint density at radius 2 is 1.59 bits per heavy atom. The highest BCUT2D eigenvalue weighted by atomic mass is 32.2. The summed E-state index contributed by atoms with van der Waals surface area (Å²) >= 11 is 1.99. The molecule has 1 heterocycles. The quantitative estimate of drug-likeness (QED) is 0.557. The first kappa shape index (κ1) is 22.6. The third-order valence-corrected chi connectivity index (χ3v) is 8.02. The highest BCUT2D eigenvalue weighted by Crippen LogP contribution is 2.19. The summed E-state index contributed by atoms with van der Waals surface area (Å²) < 4.78 is 25.1. The fraction of sp³-hybridized carbons (Fsp3) is 0.240. The Hall–Kier alpha value is -2.61. The van der Waals surface area contributed by atoms with Crippen LogP contribution in [0, 0.1) is 0 Å². The van der Waals surface area contributed by atoms with Crippen LogP contribution in [0.2, 0.25) is 0 Å². The smallest absolute Gasteiger partial charge is 0.255 e. The van der Waals surface area contributed by atoms with Crippen LogP contribution >= 0.6 is 11.8 Å². The van der Waals surface area contributed by atoms with Gasteiger partial charge >= 0.3 is 0 Å². The topological polar surface area (TPSA) is 66.5 Å². The minimum atomic E-state index is -3.42. The van der Waals surface area contributed by atoms with E-state index in [1.807, 2.05) is 30.0 Å². The molecule has 3 aromatic carbocycles. The van der Waals surface area contributed by atoms with Crippen molar-refractivity contribution in [3.05, 3.63) is 95.6 Å². The van der Waals surface area contributed by atoms with E-state index in [0.717, 1.165) is 25.3 Å². The molecule has 0 spiro atoms. The Morgan fingerprint density at radius 1 is 0.875 bits per heavy atom. The summed E-state index contributed by atoms with van der Waals surface area (Å²) in [6, 6.07) is 23.1. The summed E-state index contributed by atoms with van der Waals surface area (Å²) in [7, 11) is -3.42. The molecule has 32 heavy (non-hydrogen) atoms. The molecule has 0 atom stereocenters. The third-order valence-electron chi connectivity index (χ3n) is 5.37. The third kappa shape index (κ3) is 6.00. The molecule has 7 heteroatoms. The number of thioether (sulfide) groups is 1. The number of carbonyl (C=O) groups excluding carboxylic acids is 1. The van der Waals surface area contributed by atoms with Gasteiger partial charge in [0.25, 0.3) is 5.91 Å². The summed E-state index contributed by atoms with van der Waals surface area (Å²) in [5.41, 5.74) is 3.07. The van der Waals surface area contributed by atoms with E-state index in [4.69, 9.17) is 0 Å². The highest BCUT2D eigenvalue weighted by molar-refractivity contribution is 7.99. The predicted molar refractivity (Wildman–Crippen MR) is 131 cm³/mol. The van der Waals surface area contributed by atoms with Gasteiger partial charge in [-0.15, -0.1) is 0 Å². The predicted octanol–water partition coefficient (Wildman–Crippen LogP) is 4.46. The Balaban J connectivity index is 1.38. The average molecular weight is 467 g/mol. The van der Waals surface area contributed by atoms with Crippen LogP contribution in [0.1, 0.15) is 21.5 Å². The molecule has 0 bridgehead atoms. The molecule has 3 aromatic rings. The van der Waals surface area contributed by atoms with Crippen molar-refractivity contribution in [1.82, 2.24) is 4.90 Å². The summed E-state index contributed by atoms with van der Waals surface area (Å²) in [4.78, 5) is 15.4. The number of hydrogen-bond acceptors (Lipinski definition) is 5. The molecule has 1 N–H and O–H groups in total. The molecule has 0 radical (unpaired) electrons. The minimum absolute atomic E-state index is 0.101. The maximum absolute atomic E-state index is 12.7. The van der Waals surface area contributed by atoms with Gasteiger partial charge in [-0.25, -0.2) is 8.42 Å². The molecule has 0 aliphatic carbocycles. The number of hydrogen-bond donors (Lipinski definition) is 1. The fourth-order valence-corrected chi connectivity index (χ4v) is 6.00. The van der Waals surface area contributed by atoms with Crippen molar-refractivity contribution in [2.75, 3.05) is 29.9 Å². The zero-order valence-corrected chi connectivity index (χ0v) is 19.4. The zero-order chi connectivity index (χ0) is 22.4. The van der Waals surface area contributed by atoms with E-state index in [9.17, 15) is 13.2 Å². The molecule has 5 nitrogen and oxygen atoms in total. The van der Waals surface area contributed by atoms with Gasteiger partial charge in [0, 0.05) is 42.4 Å². The Morgan fingerprint density at radius 3 is 2.31 bits per heavy atom. The average Bonchev–Trinajstić information content (AvgIpc) is 2.81. The van der Waals surface area contributed by atoms with E-state index >= 15 is 0 Å². The Bertz CT molecular complexity index is 1160. The van der Waals surface area contributed by atoms with Crippen molar-refractivity contribution in [2.24, 2.45) is 0 Å². The van der Waals surface area contributed by atoms with Crippen molar-refractivity contribution in [2.45, 2.75) is 17.2 Å². The number of carbonyl (C=O) groups is 1. The van der Waals surface area contributed by atoms with Gasteiger partial charge in [-0.05, 0) is 47.5 Å². The van der Waals surface area contributed by atoms with Gasteiger partial charge in [0.1, 0.15) is 0 Å². The van der Waals surface area contributed by atoms with E-state index in [-0.39, 0.29) is 11.7 Å². The number of rotatable bonds is 7. The molecular formula is C25H26N2O3S2. The largest absolute Gasteiger partial charge is 0.322 e. The zero-order valence-electron chi connectivity index (χ0n) is 17.7. The Labute approximate surface area is 193 Å².